The number of hydrogen-bond donors (Lipinski definition) is 2. The standard InChI is InChI=1S/C9H10BrF3N2O2S/c1-5-2-6(10)7(14)3-8(5)18(16,17)15-4-9(11,12)13/h2-3,15H,4,14H2,1H3. The van der Waals surface area contributed by atoms with Crippen molar-refractivity contribution < 1.29 is 21.6 Å². The van der Waals surface area contributed by atoms with Gasteiger partial charge in [0.25, 0.3) is 0 Å². The molecular weight excluding hydrogens is 337 g/mol. The third-order valence-electron chi connectivity index (χ3n) is 2.05. The maximum atomic E-state index is 12.0. The summed E-state index contributed by atoms with van der Waals surface area (Å²) in [5.74, 6) is 0. The molecule has 3 N–H and O–H groups in total. The number of nitrogens with one attached hydrogen (secondary N) is 1. The van der Waals surface area contributed by atoms with Gasteiger partial charge < -0.3 is 5.73 Å². The molecule has 0 saturated carbocycles. The van der Waals surface area contributed by atoms with E-state index in [0.717, 1.165) is 6.07 Å². The summed E-state index contributed by atoms with van der Waals surface area (Å²) in [6, 6.07) is 2.54. The number of rotatable bonds is 3. The van der Waals surface area contributed by atoms with Gasteiger partial charge in [0.1, 0.15) is 6.54 Å². The Morgan fingerprint density at radius 3 is 2.44 bits per heavy atom. The Balaban J connectivity index is 3.10. The molecule has 0 aromatic heterocycles. The van der Waals surface area contributed by atoms with Gasteiger partial charge in [-0.25, -0.2) is 13.1 Å². The molecule has 1 aromatic carbocycles. The molecule has 0 atom stereocenters. The summed E-state index contributed by atoms with van der Waals surface area (Å²) in [6.45, 7) is -0.156. The quantitative estimate of drug-likeness (QED) is 0.824. The normalized spacial score (nSPS) is 12.7. The lowest BCUT2D eigenvalue weighted by atomic mass is 10.2. The van der Waals surface area contributed by atoms with E-state index in [1.807, 2.05) is 0 Å². The Hall–Kier alpha value is -0.800. The Bertz CT molecular complexity index is 558. The first-order valence-corrected chi connectivity index (χ1v) is 6.92. The smallest absolute Gasteiger partial charge is 0.398 e. The number of alkyl halides is 3. The maximum Gasteiger partial charge on any atom is 0.402 e. The second-order valence-corrected chi connectivity index (χ2v) is 6.17. The zero-order valence-corrected chi connectivity index (χ0v) is 11.6. The van der Waals surface area contributed by atoms with Crippen molar-refractivity contribution in [2.24, 2.45) is 0 Å². The fraction of sp³-hybridized carbons (Fsp3) is 0.333. The van der Waals surface area contributed by atoms with Crippen LogP contribution in [0.2, 0.25) is 0 Å². The van der Waals surface area contributed by atoms with E-state index in [0.29, 0.717) is 10.0 Å². The summed E-state index contributed by atoms with van der Waals surface area (Å²) in [5.41, 5.74) is 5.94. The van der Waals surface area contributed by atoms with E-state index in [2.05, 4.69) is 15.9 Å². The van der Waals surface area contributed by atoms with Crippen molar-refractivity contribution in [1.82, 2.24) is 4.72 Å². The maximum absolute atomic E-state index is 12.0. The highest BCUT2D eigenvalue weighted by Crippen LogP contribution is 2.26. The number of nitrogen functional groups attached to an aromatic ring is 1. The van der Waals surface area contributed by atoms with Crippen LogP contribution in [0.4, 0.5) is 18.9 Å². The van der Waals surface area contributed by atoms with E-state index >= 15 is 0 Å². The minimum atomic E-state index is -4.61. The molecule has 0 bridgehead atoms. The van der Waals surface area contributed by atoms with Gasteiger partial charge in [-0.1, -0.05) is 0 Å². The Morgan fingerprint density at radius 2 is 1.94 bits per heavy atom. The van der Waals surface area contributed by atoms with Crippen molar-refractivity contribution in [3.63, 3.8) is 0 Å². The van der Waals surface area contributed by atoms with Gasteiger partial charge in [-0.05, 0) is 40.5 Å². The highest BCUT2D eigenvalue weighted by molar-refractivity contribution is 9.10. The summed E-state index contributed by atoms with van der Waals surface area (Å²) in [5, 5.41) is 0. The summed E-state index contributed by atoms with van der Waals surface area (Å²) in [4.78, 5) is -0.271. The van der Waals surface area contributed by atoms with Crippen LogP contribution in [0.25, 0.3) is 0 Å². The largest absolute Gasteiger partial charge is 0.402 e. The molecule has 0 unspecified atom stereocenters. The monoisotopic (exact) mass is 346 g/mol. The van der Waals surface area contributed by atoms with Gasteiger partial charge in [-0.2, -0.15) is 13.2 Å². The third kappa shape index (κ3) is 3.85. The molecule has 1 rings (SSSR count). The van der Waals surface area contributed by atoms with Crippen molar-refractivity contribution in [1.29, 1.82) is 0 Å². The molecule has 0 aliphatic rings. The number of halogens is 4. The van der Waals surface area contributed by atoms with Crippen LogP contribution in [0.5, 0.6) is 0 Å². The average molecular weight is 347 g/mol. The summed E-state index contributed by atoms with van der Waals surface area (Å²) >= 11 is 3.10. The summed E-state index contributed by atoms with van der Waals surface area (Å²) in [7, 11) is -4.23. The SMILES string of the molecule is Cc1cc(Br)c(N)cc1S(=O)(=O)NCC(F)(F)F. The molecule has 9 heteroatoms. The van der Waals surface area contributed by atoms with Crippen LogP contribution in [0.1, 0.15) is 5.56 Å². The fourth-order valence-electron chi connectivity index (χ4n) is 1.21. The van der Waals surface area contributed by atoms with E-state index in [4.69, 9.17) is 5.73 Å². The lowest BCUT2D eigenvalue weighted by Gasteiger charge is -2.12. The molecule has 0 aliphatic heterocycles. The highest BCUT2D eigenvalue weighted by Gasteiger charge is 2.30. The number of aryl methyl sites for hydroxylation is 1. The van der Waals surface area contributed by atoms with Crippen molar-refractivity contribution in [3.8, 4) is 0 Å². The van der Waals surface area contributed by atoms with Gasteiger partial charge in [-0.15, -0.1) is 0 Å². The zero-order valence-electron chi connectivity index (χ0n) is 9.18. The molecule has 0 saturated heterocycles. The van der Waals surface area contributed by atoms with Crippen LogP contribution >= 0.6 is 15.9 Å². The van der Waals surface area contributed by atoms with Gasteiger partial charge in [0.2, 0.25) is 10.0 Å². The summed E-state index contributed by atoms with van der Waals surface area (Å²) < 4.78 is 61.3. The van der Waals surface area contributed by atoms with E-state index in [1.165, 1.54) is 17.7 Å². The van der Waals surface area contributed by atoms with E-state index in [1.54, 1.807) is 0 Å². The number of benzene rings is 1. The first-order chi connectivity index (χ1) is 8.03. The molecule has 0 radical (unpaired) electrons. The molecule has 0 aliphatic carbocycles. The first-order valence-electron chi connectivity index (χ1n) is 4.65. The molecule has 18 heavy (non-hydrogen) atoms. The van der Waals surface area contributed by atoms with Crippen molar-refractivity contribution >= 4 is 31.6 Å². The topological polar surface area (TPSA) is 72.2 Å². The molecule has 0 fully saturated rings. The van der Waals surface area contributed by atoms with Crippen LogP contribution in [0.3, 0.4) is 0 Å². The van der Waals surface area contributed by atoms with E-state index in [-0.39, 0.29) is 10.6 Å². The Kier molecular flexibility index (Phi) is 4.29. The van der Waals surface area contributed by atoms with E-state index in [9.17, 15) is 21.6 Å². The van der Waals surface area contributed by atoms with Crippen molar-refractivity contribution in [2.75, 3.05) is 12.3 Å². The lowest BCUT2D eigenvalue weighted by molar-refractivity contribution is -0.121. The van der Waals surface area contributed by atoms with Crippen molar-refractivity contribution in [2.45, 2.75) is 18.0 Å². The van der Waals surface area contributed by atoms with Crippen LogP contribution in [0, 0.1) is 6.92 Å². The third-order valence-corrected chi connectivity index (χ3v) is 4.28. The molecule has 0 heterocycles. The zero-order chi connectivity index (χ0) is 14.1. The molecule has 1 aromatic rings. The van der Waals surface area contributed by atoms with E-state index < -0.39 is 22.7 Å². The predicted molar refractivity (Wildman–Crippen MR) is 64.5 cm³/mol. The van der Waals surface area contributed by atoms with Gasteiger partial charge in [0.05, 0.1) is 4.90 Å². The number of hydrogen-bond acceptors (Lipinski definition) is 3. The molecule has 0 amide bonds. The minimum absolute atomic E-state index is 0.132. The lowest BCUT2D eigenvalue weighted by Crippen LogP contribution is -2.34. The molecule has 0 spiro atoms. The van der Waals surface area contributed by atoms with Crippen LogP contribution < -0.4 is 10.5 Å². The number of anilines is 1. The van der Waals surface area contributed by atoms with Gasteiger partial charge in [0, 0.05) is 10.2 Å². The fourth-order valence-corrected chi connectivity index (χ4v) is 2.94. The number of nitrogens with two attached hydrogens (primary N) is 1. The first kappa shape index (κ1) is 15.3. The molecule has 102 valence electrons. The molecular formula is C9H10BrF3N2O2S. The average Bonchev–Trinajstić information content (AvgIpc) is 2.19. The second kappa shape index (κ2) is 5.06. The van der Waals surface area contributed by atoms with Gasteiger partial charge in [-0.3, -0.25) is 0 Å². The van der Waals surface area contributed by atoms with Gasteiger partial charge >= 0.3 is 6.18 Å². The number of sulfonamides is 1. The highest BCUT2D eigenvalue weighted by atomic mass is 79.9. The van der Waals surface area contributed by atoms with Crippen LogP contribution in [0.15, 0.2) is 21.5 Å². The Morgan fingerprint density at radius 1 is 1.39 bits per heavy atom. The molecule has 4 nitrogen and oxygen atoms in total. The Labute approximate surface area is 111 Å². The summed E-state index contributed by atoms with van der Waals surface area (Å²) in [6.07, 6.45) is -4.61. The predicted octanol–water partition coefficient (Wildman–Crippen LogP) is 2.18. The van der Waals surface area contributed by atoms with Crippen LogP contribution in [-0.2, 0) is 10.0 Å². The van der Waals surface area contributed by atoms with Crippen LogP contribution in [-0.4, -0.2) is 21.1 Å². The second-order valence-electron chi connectivity index (χ2n) is 3.58. The minimum Gasteiger partial charge on any atom is -0.398 e. The van der Waals surface area contributed by atoms with Crippen molar-refractivity contribution in [3.05, 3.63) is 22.2 Å². The van der Waals surface area contributed by atoms with Gasteiger partial charge in [0.15, 0.2) is 0 Å².